The lowest BCUT2D eigenvalue weighted by molar-refractivity contribution is -0.159. The van der Waals surface area contributed by atoms with Crippen LogP contribution in [0.15, 0.2) is 42.7 Å². The first-order valence-electron chi connectivity index (χ1n) is 9.83. The van der Waals surface area contributed by atoms with Crippen molar-refractivity contribution >= 4 is 5.91 Å². The highest BCUT2D eigenvalue weighted by molar-refractivity contribution is 5.86. The zero-order chi connectivity index (χ0) is 18.9. The van der Waals surface area contributed by atoms with Crippen molar-refractivity contribution in [3.8, 4) is 5.69 Å². The van der Waals surface area contributed by atoms with Crippen molar-refractivity contribution in [3.63, 3.8) is 0 Å². The molecule has 1 aliphatic heterocycles. The molecule has 1 saturated heterocycles. The number of aromatic nitrogens is 2. The van der Waals surface area contributed by atoms with Crippen LogP contribution in [0.4, 0.5) is 0 Å². The molecule has 2 aromatic rings. The molecule has 1 N–H and O–H groups in total. The largest absolute Gasteiger partial charge is 0.379 e. The number of hydrogen-bond donors (Lipinski definition) is 1. The van der Waals surface area contributed by atoms with Gasteiger partial charge in [-0.05, 0) is 62.4 Å². The number of piperidine rings is 1. The molecule has 0 spiro atoms. The Kier molecular flexibility index (Phi) is 5.02. The van der Waals surface area contributed by atoms with Gasteiger partial charge in [-0.15, -0.1) is 0 Å². The minimum atomic E-state index is -1.26. The average Bonchev–Trinajstić information content (AvgIpc) is 3.28. The van der Waals surface area contributed by atoms with Crippen LogP contribution in [0.5, 0.6) is 0 Å². The molecule has 1 unspecified atom stereocenters. The maximum Gasteiger partial charge on any atom is 0.255 e. The molecule has 144 valence electrons. The second-order valence-corrected chi connectivity index (χ2v) is 8.12. The van der Waals surface area contributed by atoms with Crippen molar-refractivity contribution in [3.05, 3.63) is 48.3 Å². The topological polar surface area (TPSA) is 61.6 Å². The van der Waals surface area contributed by atoms with Gasteiger partial charge in [-0.3, -0.25) is 9.69 Å². The molecule has 6 nitrogen and oxygen atoms in total. The van der Waals surface area contributed by atoms with Gasteiger partial charge in [-0.25, -0.2) is 4.68 Å². The smallest absolute Gasteiger partial charge is 0.255 e. The van der Waals surface area contributed by atoms with Gasteiger partial charge >= 0.3 is 0 Å². The Morgan fingerprint density at radius 2 is 2.19 bits per heavy atom. The van der Waals surface area contributed by atoms with Crippen LogP contribution in [0.2, 0.25) is 0 Å². The number of likely N-dealkylation sites (tertiary alicyclic amines) is 1. The van der Waals surface area contributed by atoms with Gasteiger partial charge in [0.1, 0.15) is 0 Å². The van der Waals surface area contributed by atoms with E-state index in [4.69, 9.17) is 0 Å². The van der Waals surface area contributed by atoms with E-state index in [1.807, 2.05) is 45.9 Å². The Bertz CT molecular complexity index is 787. The van der Waals surface area contributed by atoms with Gasteiger partial charge in [0.05, 0.1) is 5.69 Å². The molecule has 0 bridgehead atoms. The molecule has 1 aromatic carbocycles. The van der Waals surface area contributed by atoms with E-state index >= 15 is 0 Å². The fraction of sp³-hybridized carbons (Fsp3) is 0.524. The molecule has 2 fully saturated rings. The summed E-state index contributed by atoms with van der Waals surface area (Å²) in [6.07, 6.45) is 7.53. The van der Waals surface area contributed by atoms with Gasteiger partial charge < -0.3 is 10.0 Å². The molecule has 0 radical (unpaired) electrons. The lowest BCUT2D eigenvalue weighted by Gasteiger charge is -2.40. The Morgan fingerprint density at radius 1 is 1.33 bits per heavy atom. The summed E-state index contributed by atoms with van der Waals surface area (Å²) in [5.74, 6) is 0.567. The third-order valence-electron chi connectivity index (χ3n) is 5.54. The van der Waals surface area contributed by atoms with E-state index < -0.39 is 5.60 Å². The maximum absolute atomic E-state index is 12.8. The monoisotopic (exact) mass is 368 g/mol. The van der Waals surface area contributed by atoms with Gasteiger partial charge in [-0.1, -0.05) is 12.1 Å². The predicted octanol–water partition coefficient (Wildman–Crippen LogP) is 2.07. The van der Waals surface area contributed by atoms with E-state index in [9.17, 15) is 9.90 Å². The zero-order valence-electron chi connectivity index (χ0n) is 15.9. The van der Waals surface area contributed by atoms with Crippen LogP contribution in [-0.2, 0) is 11.3 Å². The SMILES string of the molecule is CN(Cc1cccc(-n2cccn2)c1)CC1(O)CCCN(CC2CC2)C1=O. The molecule has 2 aliphatic rings. The predicted molar refractivity (Wildman–Crippen MR) is 103 cm³/mol. The van der Waals surface area contributed by atoms with Crippen LogP contribution in [0.3, 0.4) is 0 Å². The lowest BCUT2D eigenvalue weighted by Crippen LogP contribution is -2.58. The highest BCUT2D eigenvalue weighted by Gasteiger charge is 2.44. The summed E-state index contributed by atoms with van der Waals surface area (Å²) in [5, 5.41) is 15.3. The van der Waals surface area contributed by atoms with Gasteiger partial charge in [-0.2, -0.15) is 5.10 Å². The third-order valence-corrected chi connectivity index (χ3v) is 5.54. The van der Waals surface area contributed by atoms with Crippen LogP contribution >= 0.6 is 0 Å². The second-order valence-electron chi connectivity index (χ2n) is 8.12. The van der Waals surface area contributed by atoms with Crippen LogP contribution in [0, 0.1) is 5.92 Å². The molecule has 1 saturated carbocycles. The fourth-order valence-electron chi connectivity index (χ4n) is 4.03. The summed E-state index contributed by atoms with van der Waals surface area (Å²) in [4.78, 5) is 16.8. The molecule has 1 aliphatic carbocycles. The van der Waals surface area contributed by atoms with Crippen molar-refractivity contribution < 1.29 is 9.90 Å². The Labute approximate surface area is 160 Å². The van der Waals surface area contributed by atoms with Gasteiger partial charge in [0.2, 0.25) is 0 Å². The van der Waals surface area contributed by atoms with E-state index in [2.05, 4.69) is 17.2 Å². The number of hydrogen-bond acceptors (Lipinski definition) is 4. The number of carbonyl (C=O) groups excluding carboxylic acids is 1. The Morgan fingerprint density at radius 3 is 2.93 bits per heavy atom. The highest BCUT2D eigenvalue weighted by Crippen LogP contribution is 2.32. The first-order valence-corrected chi connectivity index (χ1v) is 9.83. The molecule has 2 heterocycles. The summed E-state index contributed by atoms with van der Waals surface area (Å²) >= 11 is 0. The third kappa shape index (κ3) is 4.22. The molecule has 27 heavy (non-hydrogen) atoms. The number of rotatable bonds is 7. The molecule has 6 heteroatoms. The summed E-state index contributed by atoms with van der Waals surface area (Å²) in [7, 11) is 1.96. The highest BCUT2D eigenvalue weighted by atomic mass is 16.3. The number of amides is 1. The first kappa shape index (κ1) is 18.2. The number of aliphatic hydroxyl groups is 1. The summed E-state index contributed by atoms with van der Waals surface area (Å²) in [6, 6.07) is 10.1. The van der Waals surface area contributed by atoms with E-state index in [0.29, 0.717) is 25.4 Å². The van der Waals surface area contributed by atoms with Gasteiger partial charge in [0.25, 0.3) is 5.91 Å². The second kappa shape index (κ2) is 7.44. The van der Waals surface area contributed by atoms with Crippen molar-refractivity contribution in [2.45, 2.75) is 37.8 Å². The normalized spacial score (nSPS) is 23.2. The number of likely N-dealkylation sites (N-methyl/N-ethyl adjacent to an activating group) is 1. The van der Waals surface area contributed by atoms with E-state index in [-0.39, 0.29) is 5.91 Å². The average molecular weight is 368 g/mol. The van der Waals surface area contributed by atoms with Crippen LogP contribution < -0.4 is 0 Å². The molecule has 1 amide bonds. The quantitative estimate of drug-likeness (QED) is 0.813. The van der Waals surface area contributed by atoms with Crippen molar-refractivity contribution in [1.29, 1.82) is 0 Å². The summed E-state index contributed by atoms with van der Waals surface area (Å²) in [5.41, 5.74) is 0.878. The standard InChI is InChI=1S/C21H28N4O2/c1-23(14-18-5-2-6-19(13-18)25-12-4-10-22-25)16-21(27)9-3-11-24(20(21)26)15-17-7-8-17/h2,4-6,10,12-13,17,27H,3,7-9,11,14-16H2,1H3. The van der Waals surface area contributed by atoms with Crippen molar-refractivity contribution in [2.75, 3.05) is 26.7 Å². The minimum absolute atomic E-state index is 0.0854. The molecule has 1 atom stereocenters. The Balaban J connectivity index is 1.40. The number of nitrogens with zero attached hydrogens (tertiary/aromatic N) is 4. The van der Waals surface area contributed by atoms with Gasteiger partial charge in [0.15, 0.2) is 5.60 Å². The molecule has 4 rings (SSSR count). The zero-order valence-corrected chi connectivity index (χ0v) is 15.9. The van der Waals surface area contributed by atoms with Crippen LogP contribution in [-0.4, -0.2) is 62.9 Å². The van der Waals surface area contributed by atoms with Crippen LogP contribution in [0.25, 0.3) is 5.69 Å². The van der Waals surface area contributed by atoms with Crippen molar-refractivity contribution in [2.24, 2.45) is 5.92 Å². The first-order chi connectivity index (χ1) is 13.0. The minimum Gasteiger partial charge on any atom is -0.379 e. The number of benzene rings is 1. The molecular formula is C21H28N4O2. The van der Waals surface area contributed by atoms with E-state index in [1.54, 1.807) is 6.20 Å². The lowest BCUT2D eigenvalue weighted by atomic mass is 9.91. The van der Waals surface area contributed by atoms with Crippen molar-refractivity contribution in [1.82, 2.24) is 19.6 Å². The Hall–Kier alpha value is -2.18. The van der Waals surface area contributed by atoms with E-state index in [0.717, 1.165) is 30.8 Å². The van der Waals surface area contributed by atoms with Crippen LogP contribution in [0.1, 0.15) is 31.2 Å². The summed E-state index contributed by atoms with van der Waals surface area (Å²) < 4.78 is 1.83. The summed E-state index contributed by atoms with van der Waals surface area (Å²) in [6.45, 7) is 2.64. The number of carbonyl (C=O) groups is 1. The molecular weight excluding hydrogens is 340 g/mol. The maximum atomic E-state index is 12.8. The fourth-order valence-corrected chi connectivity index (χ4v) is 4.03. The molecule has 1 aromatic heterocycles. The van der Waals surface area contributed by atoms with E-state index in [1.165, 1.54) is 12.8 Å². The van der Waals surface area contributed by atoms with Gasteiger partial charge in [0, 0.05) is 38.6 Å².